The Balaban J connectivity index is 1.88. The Morgan fingerprint density at radius 3 is 2.67 bits per heavy atom. The number of aryl methyl sites for hydroxylation is 1. The third kappa shape index (κ3) is 2.29. The van der Waals surface area contributed by atoms with E-state index in [-0.39, 0.29) is 0 Å². The molecule has 0 amide bonds. The highest BCUT2D eigenvalue weighted by Crippen LogP contribution is 2.40. The summed E-state index contributed by atoms with van der Waals surface area (Å²) in [5.74, 6) is 0.716. The van der Waals surface area contributed by atoms with Crippen LogP contribution in [-0.4, -0.2) is 10.1 Å². The first-order valence-electron chi connectivity index (χ1n) is 6.44. The van der Waals surface area contributed by atoms with Crippen LogP contribution in [0.3, 0.4) is 0 Å². The molecule has 1 unspecified atom stereocenters. The SMILES string of the molecule is Cc1ccc(C(O)c2cccc(C3CC3)c2)cn1. The highest BCUT2D eigenvalue weighted by molar-refractivity contribution is 5.34. The predicted molar refractivity (Wildman–Crippen MR) is 71.5 cm³/mol. The van der Waals surface area contributed by atoms with Gasteiger partial charge in [0, 0.05) is 17.5 Å². The molecule has 2 aromatic rings. The van der Waals surface area contributed by atoms with Crippen molar-refractivity contribution in [3.8, 4) is 0 Å². The third-order valence-electron chi connectivity index (χ3n) is 3.53. The fraction of sp³-hybridized carbons (Fsp3) is 0.312. The van der Waals surface area contributed by atoms with Crippen LogP contribution in [0.5, 0.6) is 0 Å². The Morgan fingerprint density at radius 2 is 2.00 bits per heavy atom. The Bertz CT molecular complexity index is 543. The van der Waals surface area contributed by atoms with Crippen LogP contribution >= 0.6 is 0 Å². The van der Waals surface area contributed by atoms with Crippen LogP contribution in [0, 0.1) is 6.92 Å². The van der Waals surface area contributed by atoms with E-state index in [1.165, 1.54) is 18.4 Å². The molecule has 2 nitrogen and oxygen atoms in total. The molecular weight excluding hydrogens is 222 g/mol. The van der Waals surface area contributed by atoms with Gasteiger partial charge in [-0.25, -0.2) is 0 Å². The minimum absolute atomic E-state index is 0.572. The van der Waals surface area contributed by atoms with Gasteiger partial charge in [0.15, 0.2) is 0 Å². The molecule has 0 radical (unpaired) electrons. The molecule has 1 aliphatic rings. The lowest BCUT2D eigenvalue weighted by Crippen LogP contribution is -2.01. The van der Waals surface area contributed by atoms with E-state index in [1.807, 2.05) is 31.2 Å². The zero-order valence-electron chi connectivity index (χ0n) is 10.5. The standard InChI is InChI=1S/C16H17NO/c1-11-5-6-15(10-17-11)16(18)14-4-2-3-13(9-14)12-7-8-12/h2-6,9-10,12,16,18H,7-8H2,1H3. The first-order chi connectivity index (χ1) is 8.74. The van der Waals surface area contributed by atoms with Gasteiger partial charge in [-0.1, -0.05) is 30.3 Å². The van der Waals surface area contributed by atoms with Gasteiger partial charge in [0.2, 0.25) is 0 Å². The van der Waals surface area contributed by atoms with Crippen LogP contribution in [0.4, 0.5) is 0 Å². The molecular formula is C16H17NO. The normalized spacial score (nSPS) is 16.6. The van der Waals surface area contributed by atoms with Crippen molar-refractivity contribution in [2.75, 3.05) is 0 Å². The highest BCUT2D eigenvalue weighted by atomic mass is 16.3. The van der Waals surface area contributed by atoms with Gasteiger partial charge in [0.05, 0.1) is 0 Å². The molecule has 0 spiro atoms. The molecule has 1 aliphatic carbocycles. The van der Waals surface area contributed by atoms with Crippen molar-refractivity contribution in [2.24, 2.45) is 0 Å². The van der Waals surface area contributed by atoms with Gasteiger partial charge in [-0.15, -0.1) is 0 Å². The molecule has 1 heterocycles. The van der Waals surface area contributed by atoms with Gasteiger partial charge in [0.1, 0.15) is 6.10 Å². The van der Waals surface area contributed by atoms with Crippen molar-refractivity contribution in [1.29, 1.82) is 0 Å². The number of aliphatic hydroxyl groups excluding tert-OH is 1. The van der Waals surface area contributed by atoms with Gasteiger partial charge < -0.3 is 5.11 Å². The van der Waals surface area contributed by atoms with Gasteiger partial charge >= 0.3 is 0 Å². The second kappa shape index (κ2) is 4.54. The summed E-state index contributed by atoms with van der Waals surface area (Å²) in [6.45, 7) is 1.95. The molecule has 92 valence electrons. The average molecular weight is 239 g/mol. The minimum atomic E-state index is -0.572. The number of pyridine rings is 1. The number of aromatic nitrogens is 1. The van der Waals surface area contributed by atoms with Gasteiger partial charge in [0.25, 0.3) is 0 Å². The number of aliphatic hydroxyl groups is 1. The molecule has 2 heteroatoms. The van der Waals surface area contributed by atoms with Crippen molar-refractivity contribution in [1.82, 2.24) is 4.98 Å². The maximum absolute atomic E-state index is 10.4. The van der Waals surface area contributed by atoms with Gasteiger partial charge in [-0.3, -0.25) is 4.98 Å². The topological polar surface area (TPSA) is 33.1 Å². The van der Waals surface area contributed by atoms with E-state index in [4.69, 9.17) is 0 Å². The molecule has 1 aromatic heterocycles. The Hall–Kier alpha value is -1.67. The van der Waals surface area contributed by atoms with E-state index >= 15 is 0 Å². The van der Waals surface area contributed by atoms with Crippen LogP contribution in [0.2, 0.25) is 0 Å². The van der Waals surface area contributed by atoms with Crippen molar-refractivity contribution in [2.45, 2.75) is 31.8 Å². The largest absolute Gasteiger partial charge is 0.384 e. The Labute approximate surface area is 107 Å². The summed E-state index contributed by atoms with van der Waals surface area (Å²) >= 11 is 0. The Kier molecular flexibility index (Phi) is 2.88. The predicted octanol–water partition coefficient (Wildman–Crippen LogP) is 3.35. The summed E-state index contributed by atoms with van der Waals surface area (Å²) in [7, 11) is 0. The Morgan fingerprint density at radius 1 is 1.17 bits per heavy atom. The quantitative estimate of drug-likeness (QED) is 0.891. The van der Waals surface area contributed by atoms with Crippen molar-refractivity contribution < 1.29 is 5.11 Å². The lowest BCUT2D eigenvalue weighted by atomic mass is 9.99. The zero-order chi connectivity index (χ0) is 12.5. The summed E-state index contributed by atoms with van der Waals surface area (Å²) in [5.41, 5.74) is 4.14. The van der Waals surface area contributed by atoms with Crippen LogP contribution < -0.4 is 0 Å². The molecule has 0 bridgehead atoms. The summed E-state index contributed by atoms with van der Waals surface area (Å²) in [4.78, 5) is 4.24. The van der Waals surface area contributed by atoms with Crippen LogP contribution in [-0.2, 0) is 0 Å². The van der Waals surface area contributed by atoms with E-state index in [0.29, 0.717) is 5.92 Å². The molecule has 1 aromatic carbocycles. The van der Waals surface area contributed by atoms with Crippen molar-refractivity contribution in [3.63, 3.8) is 0 Å². The molecule has 0 aliphatic heterocycles. The molecule has 1 atom stereocenters. The molecule has 1 N–H and O–H groups in total. The second-order valence-electron chi connectivity index (χ2n) is 5.08. The first kappa shape index (κ1) is 11.4. The maximum atomic E-state index is 10.4. The number of hydrogen-bond acceptors (Lipinski definition) is 2. The average Bonchev–Trinajstić information content (AvgIpc) is 3.23. The number of hydrogen-bond donors (Lipinski definition) is 1. The molecule has 1 saturated carbocycles. The van der Waals surface area contributed by atoms with Crippen molar-refractivity contribution in [3.05, 3.63) is 65.0 Å². The van der Waals surface area contributed by atoms with E-state index in [9.17, 15) is 5.11 Å². The van der Waals surface area contributed by atoms with E-state index in [2.05, 4.69) is 17.1 Å². The second-order valence-corrected chi connectivity index (χ2v) is 5.08. The minimum Gasteiger partial charge on any atom is -0.384 e. The van der Waals surface area contributed by atoms with Gasteiger partial charge in [-0.2, -0.15) is 0 Å². The van der Waals surface area contributed by atoms with Crippen LogP contribution in [0.25, 0.3) is 0 Å². The van der Waals surface area contributed by atoms with E-state index in [0.717, 1.165) is 16.8 Å². The lowest BCUT2D eigenvalue weighted by molar-refractivity contribution is 0.219. The maximum Gasteiger partial charge on any atom is 0.106 e. The zero-order valence-corrected chi connectivity index (χ0v) is 10.5. The number of benzene rings is 1. The molecule has 3 rings (SSSR count). The number of rotatable bonds is 3. The summed E-state index contributed by atoms with van der Waals surface area (Å²) in [5, 5.41) is 10.4. The monoisotopic (exact) mass is 239 g/mol. The van der Waals surface area contributed by atoms with Gasteiger partial charge in [-0.05, 0) is 42.9 Å². The van der Waals surface area contributed by atoms with Crippen LogP contribution in [0.1, 0.15) is 47.2 Å². The molecule has 18 heavy (non-hydrogen) atoms. The fourth-order valence-corrected chi connectivity index (χ4v) is 2.23. The van der Waals surface area contributed by atoms with Crippen LogP contribution in [0.15, 0.2) is 42.6 Å². The smallest absolute Gasteiger partial charge is 0.106 e. The third-order valence-corrected chi connectivity index (χ3v) is 3.53. The number of nitrogens with zero attached hydrogens (tertiary/aromatic N) is 1. The summed E-state index contributed by atoms with van der Waals surface area (Å²) in [6.07, 6.45) is 3.75. The highest BCUT2D eigenvalue weighted by Gasteiger charge is 2.24. The van der Waals surface area contributed by atoms with E-state index in [1.54, 1.807) is 6.20 Å². The summed E-state index contributed by atoms with van der Waals surface area (Å²) < 4.78 is 0. The van der Waals surface area contributed by atoms with E-state index < -0.39 is 6.10 Å². The fourth-order valence-electron chi connectivity index (χ4n) is 2.23. The van der Waals surface area contributed by atoms with Crippen molar-refractivity contribution >= 4 is 0 Å². The first-order valence-corrected chi connectivity index (χ1v) is 6.44. The summed E-state index contributed by atoms with van der Waals surface area (Å²) in [6, 6.07) is 12.2. The molecule has 0 saturated heterocycles. The molecule has 1 fully saturated rings. The lowest BCUT2D eigenvalue weighted by Gasteiger charge is -2.12.